The van der Waals surface area contributed by atoms with Gasteiger partial charge in [0, 0.05) is 24.1 Å². The van der Waals surface area contributed by atoms with Crippen LogP contribution in [-0.2, 0) is 11.3 Å². The first-order chi connectivity index (χ1) is 15.0. The Morgan fingerprint density at radius 3 is 2.48 bits per heavy atom. The van der Waals surface area contributed by atoms with Gasteiger partial charge >= 0.3 is 0 Å². The van der Waals surface area contributed by atoms with E-state index in [4.69, 9.17) is 21.1 Å². The van der Waals surface area contributed by atoms with Crippen LogP contribution in [-0.4, -0.2) is 29.7 Å². The molecule has 0 saturated heterocycles. The summed E-state index contributed by atoms with van der Waals surface area (Å²) < 4.78 is 12.1. The highest BCUT2D eigenvalue weighted by Crippen LogP contribution is 2.29. The number of hydrogen-bond acceptors (Lipinski definition) is 5. The van der Waals surface area contributed by atoms with Crippen LogP contribution in [0.4, 0.5) is 0 Å². The van der Waals surface area contributed by atoms with E-state index in [0.29, 0.717) is 46.8 Å². The van der Waals surface area contributed by atoms with Crippen LogP contribution in [0.15, 0.2) is 47.5 Å². The van der Waals surface area contributed by atoms with Crippen molar-refractivity contribution in [3.05, 3.63) is 63.7 Å². The molecule has 7 nitrogen and oxygen atoms in total. The number of amides is 1. The van der Waals surface area contributed by atoms with Gasteiger partial charge in [-0.05, 0) is 36.6 Å². The van der Waals surface area contributed by atoms with Gasteiger partial charge in [0.1, 0.15) is 0 Å². The van der Waals surface area contributed by atoms with Crippen LogP contribution >= 0.6 is 11.6 Å². The predicted molar refractivity (Wildman–Crippen MR) is 121 cm³/mol. The maximum absolute atomic E-state index is 12.8. The van der Waals surface area contributed by atoms with Crippen LogP contribution < -0.4 is 20.3 Å². The van der Waals surface area contributed by atoms with E-state index in [9.17, 15) is 9.59 Å². The second kappa shape index (κ2) is 10.3. The van der Waals surface area contributed by atoms with Crippen molar-refractivity contribution >= 4 is 28.4 Å². The summed E-state index contributed by atoms with van der Waals surface area (Å²) in [6.45, 7) is 2.41. The Morgan fingerprint density at radius 1 is 1.16 bits per heavy atom. The lowest BCUT2D eigenvalue weighted by Crippen LogP contribution is -2.28. The maximum atomic E-state index is 12.8. The highest BCUT2D eigenvalue weighted by molar-refractivity contribution is 6.30. The van der Waals surface area contributed by atoms with E-state index >= 15 is 0 Å². The lowest BCUT2D eigenvalue weighted by atomic mass is 10.0. The summed E-state index contributed by atoms with van der Waals surface area (Å²) in [5.74, 6) is 0.927. The molecule has 2 aromatic carbocycles. The summed E-state index contributed by atoms with van der Waals surface area (Å²) in [6.07, 6.45) is 3.09. The van der Waals surface area contributed by atoms with Crippen LogP contribution in [0.5, 0.6) is 11.5 Å². The summed E-state index contributed by atoms with van der Waals surface area (Å²) in [5, 5.41) is 4.15. The zero-order valence-electron chi connectivity index (χ0n) is 17.9. The number of halogens is 1. The molecule has 0 fully saturated rings. The molecule has 164 valence electrons. The molecule has 1 N–H and O–H groups in total. The van der Waals surface area contributed by atoms with E-state index in [0.717, 1.165) is 12.0 Å². The molecule has 8 heteroatoms. The van der Waals surface area contributed by atoms with Gasteiger partial charge in [0.2, 0.25) is 5.91 Å². The van der Waals surface area contributed by atoms with E-state index in [1.165, 1.54) is 25.1 Å². The smallest absolute Gasteiger partial charge is 0.261 e. The predicted octanol–water partition coefficient (Wildman–Crippen LogP) is 4.11. The molecule has 1 heterocycles. The maximum Gasteiger partial charge on any atom is 0.261 e. The minimum Gasteiger partial charge on any atom is -0.493 e. The first-order valence-electron chi connectivity index (χ1n) is 10.1. The number of benzene rings is 2. The zero-order chi connectivity index (χ0) is 22.4. The number of ether oxygens (including phenoxy) is 2. The van der Waals surface area contributed by atoms with Gasteiger partial charge in [0.05, 0.1) is 37.5 Å². The van der Waals surface area contributed by atoms with Crippen molar-refractivity contribution in [2.75, 3.05) is 14.2 Å². The van der Waals surface area contributed by atoms with Crippen molar-refractivity contribution in [1.82, 2.24) is 14.9 Å². The van der Waals surface area contributed by atoms with E-state index in [-0.39, 0.29) is 17.5 Å². The molecular weight excluding hydrogens is 418 g/mol. The normalized spacial score (nSPS) is 11.9. The molecule has 0 radical (unpaired) electrons. The van der Waals surface area contributed by atoms with E-state index in [1.807, 2.05) is 31.2 Å². The number of fused-ring (bicyclic) bond motifs is 1. The third kappa shape index (κ3) is 5.35. The van der Waals surface area contributed by atoms with Crippen LogP contribution in [0.1, 0.15) is 37.8 Å². The van der Waals surface area contributed by atoms with Crippen LogP contribution in [0, 0.1) is 0 Å². The van der Waals surface area contributed by atoms with Gasteiger partial charge in [-0.25, -0.2) is 4.98 Å². The minimum atomic E-state index is -0.182. The summed E-state index contributed by atoms with van der Waals surface area (Å²) in [6, 6.07) is 10.7. The van der Waals surface area contributed by atoms with Crippen molar-refractivity contribution in [3.63, 3.8) is 0 Å². The standard InChI is InChI=1S/C23H26ClN3O4/c1-4-18(15-7-9-16(24)10-8-15)26-22(28)6-5-11-27-14-25-19-13-21(31-3)20(30-2)12-17(19)23(27)29/h7-10,12-14,18H,4-6,11H2,1-3H3,(H,26,28). The number of carbonyl (C=O) groups excluding carboxylic acids is 1. The lowest BCUT2D eigenvalue weighted by Gasteiger charge is -2.17. The van der Waals surface area contributed by atoms with Gasteiger partial charge in [-0.15, -0.1) is 0 Å². The second-order valence-electron chi connectivity index (χ2n) is 7.15. The van der Waals surface area contributed by atoms with E-state index < -0.39 is 0 Å². The molecule has 1 atom stereocenters. The number of carbonyl (C=O) groups is 1. The quantitative estimate of drug-likeness (QED) is 0.538. The number of methoxy groups -OCH3 is 2. The largest absolute Gasteiger partial charge is 0.493 e. The van der Waals surface area contributed by atoms with Crippen molar-refractivity contribution in [2.24, 2.45) is 0 Å². The van der Waals surface area contributed by atoms with Crippen molar-refractivity contribution < 1.29 is 14.3 Å². The number of rotatable bonds is 9. The number of hydrogen-bond donors (Lipinski definition) is 1. The number of aryl methyl sites for hydroxylation is 1. The molecule has 31 heavy (non-hydrogen) atoms. The Balaban J connectivity index is 1.64. The van der Waals surface area contributed by atoms with Gasteiger partial charge in [0.25, 0.3) is 5.56 Å². The summed E-state index contributed by atoms with van der Waals surface area (Å²) in [5.41, 5.74) is 1.36. The van der Waals surface area contributed by atoms with Gasteiger partial charge in [0.15, 0.2) is 11.5 Å². The van der Waals surface area contributed by atoms with Gasteiger partial charge < -0.3 is 14.8 Å². The molecule has 0 spiro atoms. The molecule has 3 aromatic rings. The SMILES string of the molecule is CCC(NC(=O)CCCn1cnc2cc(OC)c(OC)cc2c1=O)c1ccc(Cl)cc1. The van der Waals surface area contributed by atoms with Crippen LogP contribution in [0.25, 0.3) is 10.9 Å². The third-order valence-electron chi connectivity index (χ3n) is 5.15. The van der Waals surface area contributed by atoms with E-state index in [2.05, 4.69) is 10.3 Å². The van der Waals surface area contributed by atoms with Gasteiger partial charge in [-0.1, -0.05) is 30.7 Å². The fraction of sp³-hybridized carbons (Fsp3) is 0.348. The third-order valence-corrected chi connectivity index (χ3v) is 5.40. The van der Waals surface area contributed by atoms with Crippen molar-refractivity contribution in [1.29, 1.82) is 0 Å². The molecule has 0 aliphatic carbocycles. The second-order valence-corrected chi connectivity index (χ2v) is 7.59. The molecule has 0 aliphatic heterocycles. The summed E-state index contributed by atoms with van der Waals surface area (Å²) in [4.78, 5) is 29.6. The molecule has 3 rings (SSSR count). The van der Waals surface area contributed by atoms with Crippen LogP contribution in [0.2, 0.25) is 5.02 Å². The first-order valence-corrected chi connectivity index (χ1v) is 10.5. The number of aromatic nitrogens is 2. The fourth-order valence-electron chi connectivity index (χ4n) is 3.44. The molecular formula is C23H26ClN3O4. The Labute approximate surface area is 186 Å². The highest BCUT2D eigenvalue weighted by atomic mass is 35.5. The average Bonchev–Trinajstić information content (AvgIpc) is 2.78. The Hall–Kier alpha value is -3.06. The Bertz CT molecular complexity index is 1110. The van der Waals surface area contributed by atoms with Crippen molar-refractivity contribution in [2.45, 2.75) is 38.8 Å². The summed E-state index contributed by atoms with van der Waals surface area (Å²) >= 11 is 5.94. The van der Waals surface area contributed by atoms with Gasteiger partial charge in [-0.2, -0.15) is 0 Å². The highest BCUT2D eigenvalue weighted by Gasteiger charge is 2.14. The van der Waals surface area contributed by atoms with Gasteiger partial charge in [-0.3, -0.25) is 14.2 Å². The monoisotopic (exact) mass is 443 g/mol. The first kappa shape index (κ1) is 22.6. The van der Waals surface area contributed by atoms with E-state index in [1.54, 1.807) is 12.1 Å². The fourth-order valence-corrected chi connectivity index (χ4v) is 3.56. The Kier molecular flexibility index (Phi) is 7.52. The molecule has 1 aromatic heterocycles. The minimum absolute atomic E-state index is 0.0602. The Morgan fingerprint density at radius 2 is 1.84 bits per heavy atom. The molecule has 0 saturated carbocycles. The lowest BCUT2D eigenvalue weighted by molar-refractivity contribution is -0.122. The number of nitrogens with one attached hydrogen (secondary N) is 1. The molecule has 1 amide bonds. The number of nitrogens with zero attached hydrogens (tertiary/aromatic N) is 2. The van der Waals surface area contributed by atoms with Crippen molar-refractivity contribution in [3.8, 4) is 11.5 Å². The summed E-state index contributed by atoms with van der Waals surface area (Å²) in [7, 11) is 3.05. The molecule has 0 aliphatic rings. The topological polar surface area (TPSA) is 82.5 Å². The average molecular weight is 444 g/mol. The molecule has 0 bridgehead atoms. The zero-order valence-corrected chi connectivity index (χ0v) is 18.6. The molecule has 1 unspecified atom stereocenters. The van der Waals surface area contributed by atoms with Crippen LogP contribution in [0.3, 0.4) is 0 Å².